The average Bonchev–Trinajstić information content (AvgIpc) is 2.77. The Hall–Kier alpha value is -2.92. The van der Waals surface area contributed by atoms with Crippen LogP contribution in [0.2, 0.25) is 0 Å². The molecule has 0 unspecified atom stereocenters. The molecule has 30 heavy (non-hydrogen) atoms. The van der Waals surface area contributed by atoms with Gasteiger partial charge in [-0.05, 0) is 48.7 Å². The van der Waals surface area contributed by atoms with Gasteiger partial charge in [-0.15, -0.1) is 0 Å². The molecule has 1 atom stereocenters. The van der Waals surface area contributed by atoms with Crippen molar-refractivity contribution >= 4 is 15.7 Å². The molecule has 156 valence electrons. The molecule has 3 aromatic rings. The van der Waals surface area contributed by atoms with Crippen LogP contribution < -0.4 is 0 Å². The van der Waals surface area contributed by atoms with Gasteiger partial charge in [0.15, 0.2) is 9.84 Å². The third-order valence-electron chi connectivity index (χ3n) is 5.21. The fourth-order valence-corrected chi connectivity index (χ4v) is 4.68. The molecule has 1 amide bonds. The highest BCUT2D eigenvalue weighted by atomic mass is 32.2. The Morgan fingerprint density at radius 2 is 1.47 bits per heavy atom. The SMILES string of the molecule is CC[C@@H](C)N(Cc1ccccc1)C(=O)c1cccc(CS(=O)(=O)c2ccccc2)c1. The van der Waals surface area contributed by atoms with Gasteiger partial charge in [0.05, 0.1) is 10.6 Å². The number of hydrogen-bond donors (Lipinski definition) is 0. The highest BCUT2D eigenvalue weighted by Crippen LogP contribution is 2.20. The number of hydrogen-bond acceptors (Lipinski definition) is 3. The molecule has 3 aromatic carbocycles. The maximum absolute atomic E-state index is 13.3. The van der Waals surface area contributed by atoms with Gasteiger partial charge in [-0.3, -0.25) is 4.79 Å². The quantitative estimate of drug-likeness (QED) is 0.508. The molecule has 4 nitrogen and oxygen atoms in total. The van der Waals surface area contributed by atoms with Gasteiger partial charge in [-0.1, -0.05) is 67.6 Å². The summed E-state index contributed by atoms with van der Waals surface area (Å²) in [7, 11) is -3.47. The summed E-state index contributed by atoms with van der Waals surface area (Å²) in [5.41, 5.74) is 2.18. The number of carbonyl (C=O) groups is 1. The Kier molecular flexibility index (Phi) is 7.06. The number of nitrogens with zero attached hydrogens (tertiary/aromatic N) is 1. The van der Waals surface area contributed by atoms with Crippen molar-refractivity contribution in [2.45, 2.75) is 43.5 Å². The zero-order valence-corrected chi connectivity index (χ0v) is 18.2. The number of amides is 1. The van der Waals surface area contributed by atoms with Crippen LogP contribution in [0, 0.1) is 0 Å². The van der Waals surface area contributed by atoms with Gasteiger partial charge in [0.25, 0.3) is 5.91 Å². The molecule has 0 aromatic heterocycles. The van der Waals surface area contributed by atoms with E-state index < -0.39 is 9.84 Å². The van der Waals surface area contributed by atoms with Gasteiger partial charge >= 0.3 is 0 Å². The standard InChI is InChI=1S/C25H27NO3S/c1-3-20(2)26(18-21-11-6-4-7-12-21)25(27)23-14-10-13-22(17-23)19-30(28,29)24-15-8-5-9-16-24/h4-17,20H,3,18-19H2,1-2H3/t20-/m1/s1. The number of carbonyl (C=O) groups excluding carboxylic acids is 1. The van der Waals surface area contributed by atoms with Crippen molar-refractivity contribution < 1.29 is 13.2 Å². The summed E-state index contributed by atoms with van der Waals surface area (Å²) >= 11 is 0. The second-order valence-corrected chi connectivity index (χ2v) is 9.44. The molecule has 0 aliphatic heterocycles. The van der Waals surface area contributed by atoms with E-state index in [0.717, 1.165) is 12.0 Å². The minimum Gasteiger partial charge on any atom is -0.332 e. The Morgan fingerprint density at radius 1 is 0.867 bits per heavy atom. The van der Waals surface area contributed by atoms with E-state index >= 15 is 0 Å². The van der Waals surface area contributed by atoms with Crippen molar-refractivity contribution in [2.75, 3.05) is 0 Å². The molecule has 0 N–H and O–H groups in total. The monoisotopic (exact) mass is 421 g/mol. The van der Waals surface area contributed by atoms with Gasteiger partial charge < -0.3 is 4.90 Å². The van der Waals surface area contributed by atoms with Crippen LogP contribution >= 0.6 is 0 Å². The molecule has 0 saturated carbocycles. The Labute approximate surface area is 179 Å². The van der Waals surface area contributed by atoms with E-state index in [0.29, 0.717) is 17.7 Å². The van der Waals surface area contributed by atoms with Crippen LogP contribution in [0.4, 0.5) is 0 Å². The van der Waals surface area contributed by atoms with Crippen molar-refractivity contribution in [1.82, 2.24) is 4.90 Å². The number of benzene rings is 3. The molecule has 5 heteroatoms. The zero-order chi connectivity index (χ0) is 21.6. The fraction of sp³-hybridized carbons (Fsp3) is 0.240. The summed E-state index contributed by atoms with van der Waals surface area (Å²) in [6.07, 6.45) is 0.834. The Morgan fingerprint density at radius 3 is 2.10 bits per heavy atom. The maximum atomic E-state index is 13.3. The normalized spacial score (nSPS) is 12.3. The van der Waals surface area contributed by atoms with E-state index in [1.165, 1.54) is 0 Å². The lowest BCUT2D eigenvalue weighted by Gasteiger charge is -2.29. The van der Waals surface area contributed by atoms with E-state index in [1.807, 2.05) is 42.2 Å². The lowest BCUT2D eigenvalue weighted by atomic mass is 10.1. The van der Waals surface area contributed by atoms with Crippen LogP contribution in [0.5, 0.6) is 0 Å². The highest BCUT2D eigenvalue weighted by molar-refractivity contribution is 7.90. The predicted octanol–water partition coefficient (Wildman–Crippen LogP) is 5.10. The topological polar surface area (TPSA) is 54.5 Å². The van der Waals surface area contributed by atoms with Crippen LogP contribution in [-0.4, -0.2) is 25.3 Å². The van der Waals surface area contributed by atoms with Crippen molar-refractivity contribution in [2.24, 2.45) is 0 Å². The average molecular weight is 422 g/mol. The van der Waals surface area contributed by atoms with E-state index in [1.54, 1.807) is 54.6 Å². The maximum Gasteiger partial charge on any atom is 0.254 e. The molecule has 0 bridgehead atoms. The first-order valence-electron chi connectivity index (χ1n) is 10.1. The van der Waals surface area contributed by atoms with Crippen molar-refractivity contribution in [3.8, 4) is 0 Å². The Balaban J connectivity index is 1.85. The van der Waals surface area contributed by atoms with E-state index in [-0.39, 0.29) is 22.6 Å². The third-order valence-corrected chi connectivity index (χ3v) is 6.92. The van der Waals surface area contributed by atoms with Gasteiger partial charge in [0.1, 0.15) is 0 Å². The minimum atomic E-state index is -3.47. The molecule has 0 fully saturated rings. The van der Waals surface area contributed by atoms with Gasteiger partial charge in [-0.25, -0.2) is 8.42 Å². The molecule has 0 heterocycles. The van der Waals surface area contributed by atoms with Gasteiger partial charge in [0.2, 0.25) is 0 Å². The van der Waals surface area contributed by atoms with Crippen molar-refractivity contribution in [3.63, 3.8) is 0 Å². The van der Waals surface area contributed by atoms with Crippen LogP contribution in [0.3, 0.4) is 0 Å². The lowest BCUT2D eigenvalue weighted by molar-refractivity contribution is 0.0671. The van der Waals surface area contributed by atoms with Crippen LogP contribution in [-0.2, 0) is 22.1 Å². The summed E-state index contributed by atoms with van der Waals surface area (Å²) in [5.74, 6) is -0.229. The van der Waals surface area contributed by atoms with Gasteiger partial charge in [0, 0.05) is 18.2 Å². The van der Waals surface area contributed by atoms with Crippen molar-refractivity contribution in [1.29, 1.82) is 0 Å². The van der Waals surface area contributed by atoms with Crippen LogP contribution in [0.25, 0.3) is 0 Å². The zero-order valence-electron chi connectivity index (χ0n) is 17.4. The molecule has 0 radical (unpaired) electrons. The summed E-state index contributed by atoms with van der Waals surface area (Å²) in [6.45, 7) is 4.60. The molecular weight excluding hydrogens is 394 g/mol. The first kappa shape index (κ1) is 21.8. The molecule has 0 aliphatic carbocycles. The van der Waals surface area contributed by atoms with Crippen LogP contribution in [0.15, 0.2) is 89.8 Å². The summed E-state index contributed by atoms with van der Waals surface area (Å²) in [6, 6.07) is 25.3. The highest BCUT2D eigenvalue weighted by Gasteiger charge is 2.22. The lowest BCUT2D eigenvalue weighted by Crippen LogP contribution is -2.37. The summed E-state index contributed by atoms with van der Waals surface area (Å²) in [5, 5.41) is 0. The molecule has 0 aliphatic rings. The number of rotatable bonds is 8. The molecule has 3 rings (SSSR count). The van der Waals surface area contributed by atoms with Gasteiger partial charge in [-0.2, -0.15) is 0 Å². The van der Waals surface area contributed by atoms with Crippen molar-refractivity contribution in [3.05, 3.63) is 102 Å². The third kappa shape index (κ3) is 5.36. The fourth-order valence-electron chi connectivity index (χ4n) is 3.32. The molecule has 0 spiro atoms. The van der Waals surface area contributed by atoms with E-state index in [2.05, 4.69) is 6.92 Å². The minimum absolute atomic E-state index is 0.0643. The smallest absolute Gasteiger partial charge is 0.254 e. The first-order chi connectivity index (χ1) is 14.4. The van der Waals surface area contributed by atoms with E-state index in [9.17, 15) is 13.2 Å². The first-order valence-corrected chi connectivity index (χ1v) is 11.8. The summed E-state index contributed by atoms with van der Waals surface area (Å²) < 4.78 is 25.4. The molecular formula is C25H27NO3S. The number of sulfone groups is 1. The second-order valence-electron chi connectivity index (χ2n) is 7.45. The second kappa shape index (κ2) is 9.72. The largest absolute Gasteiger partial charge is 0.332 e. The predicted molar refractivity (Wildman–Crippen MR) is 120 cm³/mol. The van der Waals surface area contributed by atoms with Crippen LogP contribution in [0.1, 0.15) is 41.8 Å². The Bertz CT molecular complexity index is 1080. The van der Waals surface area contributed by atoms with E-state index in [4.69, 9.17) is 0 Å². The molecule has 0 saturated heterocycles. The summed E-state index contributed by atoms with van der Waals surface area (Å²) in [4.78, 5) is 15.4.